The quantitative estimate of drug-likeness (QED) is 0.676. The van der Waals surface area contributed by atoms with E-state index in [1.54, 1.807) is 31.1 Å². The Bertz CT molecular complexity index is 565. The summed E-state index contributed by atoms with van der Waals surface area (Å²) in [5.41, 5.74) is 7.77. The number of nitrogens with zero attached hydrogens (tertiary/aromatic N) is 2. The maximum Gasteiger partial charge on any atom is 0.256 e. The van der Waals surface area contributed by atoms with Crippen LogP contribution in [0.2, 0.25) is 0 Å². The van der Waals surface area contributed by atoms with E-state index in [0.29, 0.717) is 28.7 Å². The molecule has 0 spiro atoms. The number of thioether (sulfide) groups is 1. The second-order valence-corrected chi connectivity index (χ2v) is 5.14. The van der Waals surface area contributed by atoms with Crippen LogP contribution in [-0.2, 0) is 4.79 Å². The largest absolute Gasteiger partial charge is 0.431 e. The van der Waals surface area contributed by atoms with Gasteiger partial charge in [-0.05, 0) is 12.1 Å². The number of oxazole rings is 1. The number of amides is 1. The van der Waals surface area contributed by atoms with Gasteiger partial charge in [0.05, 0.1) is 0 Å². The summed E-state index contributed by atoms with van der Waals surface area (Å²) in [6, 6.07) is 5.36. The van der Waals surface area contributed by atoms with Crippen LogP contribution in [0, 0.1) is 0 Å². The fourth-order valence-corrected chi connectivity index (χ4v) is 2.19. The maximum absolute atomic E-state index is 11.4. The molecule has 0 saturated carbocycles. The molecule has 1 aromatic carbocycles. The van der Waals surface area contributed by atoms with Crippen LogP contribution in [0.15, 0.2) is 27.8 Å². The molecule has 1 amide bonds. The van der Waals surface area contributed by atoms with Crippen molar-refractivity contribution >= 4 is 34.5 Å². The Morgan fingerprint density at radius 3 is 3.00 bits per heavy atom. The molecule has 96 valence electrons. The molecule has 2 N–H and O–H groups in total. The monoisotopic (exact) mass is 265 g/mol. The topological polar surface area (TPSA) is 72.4 Å². The Morgan fingerprint density at radius 2 is 2.28 bits per heavy atom. The number of carbonyl (C=O) groups excluding carboxylic acids is 1. The lowest BCUT2D eigenvalue weighted by Gasteiger charge is -2.08. The Kier molecular flexibility index (Phi) is 3.76. The number of nitrogens with two attached hydrogens (primary N) is 1. The minimum Gasteiger partial charge on any atom is -0.431 e. The van der Waals surface area contributed by atoms with Crippen molar-refractivity contribution in [2.45, 2.75) is 11.6 Å². The number of benzene rings is 1. The molecule has 2 aromatic rings. The number of nitrogen functional groups attached to an aromatic ring is 1. The fraction of sp³-hybridized carbons (Fsp3) is 0.333. The van der Waals surface area contributed by atoms with Crippen LogP contribution in [0.1, 0.15) is 6.42 Å². The zero-order valence-electron chi connectivity index (χ0n) is 10.3. The Hall–Kier alpha value is -1.69. The minimum atomic E-state index is 0.0999. The van der Waals surface area contributed by atoms with E-state index in [9.17, 15) is 4.79 Å². The molecule has 0 fully saturated rings. The summed E-state index contributed by atoms with van der Waals surface area (Å²) in [6.07, 6.45) is 0.471. The van der Waals surface area contributed by atoms with E-state index in [0.717, 1.165) is 5.52 Å². The van der Waals surface area contributed by atoms with Crippen molar-refractivity contribution in [1.82, 2.24) is 9.88 Å². The highest BCUT2D eigenvalue weighted by Crippen LogP contribution is 2.25. The van der Waals surface area contributed by atoms with Crippen molar-refractivity contribution < 1.29 is 9.21 Å². The molecule has 0 aliphatic carbocycles. The summed E-state index contributed by atoms with van der Waals surface area (Å²) in [5.74, 6) is 0.752. The number of anilines is 1. The molecular weight excluding hydrogens is 250 g/mol. The molecular formula is C12H15N3O2S. The SMILES string of the molecule is CN(C)C(=O)CCSc1nc2ccc(N)cc2o1. The molecule has 0 aliphatic rings. The molecule has 18 heavy (non-hydrogen) atoms. The van der Waals surface area contributed by atoms with Crippen LogP contribution in [0.4, 0.5) is 5.69 Å². The van der Waals surface area contributed by atoms with Crippen molar-refractivity contribution in [3.63, 3.8) is 0 Å². The van der Waals surface area contributed by atoms with Crippen molar-refractivity contribution in [1.29, 1.82) is 0 Å². The number of fused-ring (bicyclic) bond motifs is 1. The molecule has 0 aliphatic heterocycles. The summed E-state index contributed by atoms with van der Waals surface area (Å²) >= 11 is 1.43. The number of aromatic nitrogens is 1. The third kappa shape index (κ3) is 2.95. The molecule has 6 heteroatoms. The zero-order chi connectivity index (χ0) is 13.1. The van der Waals surface area contributed by atoms with Gasteiger partial charge < -0.3 is 15.1 Å². The van der Waals surface area contributed by atoms with Crippen molar-refractivity contribution in [3.8, 4) is 0 Å². The van der Waals surface area contributed by atoms with Gasteiger partial charge >= 0.3 is 0 Å². The maximum atomic E-state index is 11.4. The van der Waals surface area contributed by atoms with Gasteiger partial charge in [-0.2, -0.15) is 0 Å². The third-order valence-corrected chi connectivity index (χ3v) is 3.26. The van der Waals surface area contributed by atoms with E-state index < -0.39 is 0 Å². The van der Waals surface area contributed by atoms with E-state index in [2.05, 4.69) is 4.98 Å². The highest BCUT2D eigenvalue weighted by Gasteiger charge is 2.08. The minimum absolute atomic E-state index is 0.0999. The summed E-state index contributed by atoms with van der Waals surface area (Å²) in [4.78, 5) is 17.3. The lowest BCUT2D eigenvalue weighted by molar-refractivity contribution is -0.128. The van der Waals surface area contributed by atoms with Crippen molar-refractivity contribution in [2.24, 2.45) is 0 Å². The molecule has 0 radical (unpaired) electrons. The van der Waals surface area contributed by atoms with Gasteiger partial charge in [-0.3, -0.25) is 4.79 Å². The lowest BCUT2D eigenvalue weighted by atomic mass is 10.3. The highest BCUT2D eigenvalue weighted by molar-refractivity contribution is 7.99. The average Bonchev–Trinajstić information content (AvgIpc) is 2.70. The number of hydrogen-bond acceptors (Lipinski definition) is 5. The summed E-state index contributed by atoms with van der Waals surface area (Å²) in [6.45, 7) is 0. The first kappa shape index (κ1) is 12.8. The summed E-state index contributed by atoms with van der Waals surface area (Å²) in [7, 11) is 3.49. The van der Waals surface area contributed by atoms with E-state index in [4.69, 9.17) is 10.2 Å². The van der Waals surface area contributed by atoms with Gasteiger partial charge in [-0.1, -0.05) is 11.8 Å². The highest BCUT2D eigenvalue weighted by atomic mass is 32.2. The first-order valence-electron chi connectivity index (χ1n) is 5.55. The molecule has 0 bridgehead atoms. The molecule has 5 nitrogen and oxygen atoms in total. The van der Waals surface area contributed by atoms with Crippen LogP contribution in [0.25, 0.3) is 11.1 Å². The van der Waals surface area contributed by atoms with Crippen molar-refractivity contribution in [2.75, 3.05) is 25.6 Å². The smallest absolute Gasteiger partial charge is 0.256 e. The van der Waals surface area contributed by atoms with Gasteiger partial charge in [-0.15, -0.1) is 0 Å². The van der Waals surface area contributed by atoms with Gasteiger partial charge in [-0.25, -0.2) is 4.98 Å². The van der Waals surface area contributed by atoms with E-state index in [1.807, 2.05) is 6.07 Å². The number of carbonyl (C=O) groups is 1. The van der Waals surface area contributed by atoms with Gasteiger partial charge in [0.1, 0.15) is 5.52 Å². The van der Waals surface area contributed by atoms with Gasteiger partial charge in [0.15, 0.2) is 5.58 Å². The average molecular weight is 265 g/mol. The second kappa shape index (κ2) is 5.30. The van der Waals surface area contributed by atoms with Crippen LogP contribution < -0.4 is 5.73 Å². The predicted octanol–water partition coefficient (Wildman–Crippen LogP) is 1.98. The standard InChI is InChI=1S/C12H15N3O2S/c1-15(2)11(16)5-6-18-12-14-9-4-3-8(13)7-10(9)17-12/h3-4,7H,5-6,13H2,1-2H3. The number of rotatable bonds is 4. The van der Waals surface area contributed by atoms with Crippen LogP contribution in [-0.4, -0.2) is 35.6 Å². The van der Waals surface area contributed by atoms with E-state index >= 15 is 0 Å². The van der Waals surface area contributed by atoms with Crippen LogP contribution >= 0.6 is 11.8 Å². The van der Waals surface area contributed by atoms with Gasteiger partial charge in [0, 0.05) is 38.0 Å². The third-order valence-electron chi connectivity index (χ3n) is 2.43. The Balaban J connectivity index is 1.98. The fourth-order valence-electron chi connectivity index (χ4n) is 1.43. The molecule has 1 heterocycles. The van der Waals surface area contributed by atoms with E-state index in [1.165, 1.54) is 11.8 Å². The first-order valence-corrected chi connectivity index (χ1v) is 6.54. The predicted molar refractivity (Wildman–Crippen MR) is 72.5 cm³/mol. The number of hydrogen-bond donors (Lipinski definition) is 1. The van der Waals surface area contributed by atoms with Crippen LogP contribution in [0.5, 0.6) is 0 Å². The summed E-state index contributed by atoms with van der Waals surface area (Å²) < 4.78 is 5.54. The Morgan fingerprint density at radius 1 is 1.50 bits per heavy atom. The van der Waals surface area contributed by atoms with Gasteiger partial charge in [0.25, 0.3) is 5.22 Å². The lowest BCUT2D eigenvalue weighted by Crippen LogP contribution is -2.21. The molecule has 0 atom stereocenters. The van der Waals surface area contributed by atoms with Crippen LogP contribution in [0.3, 0.4) is 0 Å². The molecule has 0 saturated heterocycles. The second-order valence-electron chi connectivity index (χ2n) is 4.09. The summed E-state index contributed by atoms with van der Waals surface area (Å²) in [5, 5.41) is 0.571. The molecule has 2 rings (SSSR count). The first-order chi connectivity index (χ1) is 8.56. The van der Waals surface area contributed by atoms with E-state index in [-0.39, 0.29) is 5.91 Å². The zero-order valence-corrected chi connectivity index (χ0v) is 11.2. The Labute approximate surface area is 109 Å². The van der Waals surface area contributed by atoms with Crippen molar-refractivity contribution in [3.05, 3.63) is 18.2 Å². The normalized spacial score (nSPS) is 10.8. The molecule has 0 unspecified atom stereocenters. The van der Waals surface area contributed by atoms with Gasteiger partial charge in [0.2, 0.25) is 5.91 Å². The molecule has 1 aromatic heterocycles.